The highest BCUT2D eigenvalue weighted by Crippen LogP contribution is 2.16. The monoisotopic (exact) mass is 200 g/mol. The number of rotatable bonds is 2. The van der Waals surface area contributed by atoms with Crippen molar-refractivity contribution in [3.63, 3.8) is 0 Å². The molecule has 4 heteroatoms. The van der Waals surface area contributed by atoms with Crippen molar-refractivity contribution >= 4 is 6.09 Å². The minimum Gasteiger partial charge on any atom is -0.444 e. The van der Waals surface area contributed by atoms with Gasteiger partial charge < -0.3 is 15.4 Å². The molecule has 14 heavy (non-hydrogen) atoms. The molecule has 0 aromatic rings. The van der Waals surface area contributed by atoms with Crippen LogP contribution >= 0.6 is 0 Å². The van der Waals surface area contributed by atoms with E-state index in [9.17, 15) is 4.79 Å². The third kappa shape index (κ3) is 3.54. The molecule has 1 amide bonds. The molecule has 1 unspecified atom stereocenters. The lowest BCUT2D eigenvalue weighted by Crippen LogP contribution is -2.60. The summed E-state index contributed by atoms with van der Waals surface area (Å²) in [6.07, 6.45) is 0.760. The van der Waals surface area contributed by atoms with Crippen LogP contribution in [0.2, 0.25) is 0 Å². The van der Waals surface area contributed by atoms with E-state index < -0.39 is 5.60 Å². The molecule has 0 bridgehead atoms. The maximum atomic E-state index is 11.3. The topological polar surface area (TPSA) is 50.4 Å². The van der Waals surface area contributed by atoms with E-state index in [-0.39, 0.29) is 11.6 Å². The first-order chi connectivity index (χ1) is 6.31. The molecule has 0 aliphatic carbocycles. The number of carbonyl (C=O) groups is 1. The third-order valence-corrected chi connectivity index (χ3v) is 2.25. The Hall–Kier alpha value is -0.770. The van der Waals surface area contributed by atoms with Crippen LogP contribution in [-0.2, 0) is 4.74 Å². The van der Waals surface area contributed by atoms with Gasteiger partial charge in [-0.1, -0.05) is 0 Å². The van der Waals surface area contributed by atoms with Crippen LogP contribution in [0.4, 0.5) is 4.79 Å². The van der Waals surface area contributed by atoms with E-state index in [1.54, 1.807) is 0 Å². The number of hydrogen-bond donors (Lipinski definition) is 2. The van der Waals surface area contributed by atoms with Gasteiger partial charge in [-0.2, -0.15) is 0 Å². The van der Waals surface area contributed by atoms with Gasteiger partial charge in [0.05, 0.1) is 0 Å². The standard InChI is InChI=1S/C10H20N2O2/c1-9(2,3)14-8(13)11-7-10(4)5-6-12-10/h12H,5-7H2,1-4H3,(H,11,13). The lowest BCUT2D eigenvalue weighted by atomic mass is 9.90. The van der Waals surface area contributed by atoms with Crippen molar-refractivity contribution in [2.24, 2.45) is 0 Å². The molecule has 0 spiro atoms. The Morgan fingerprint density at radius 3 is 2.50 bits per heavy atom. The summed E-state index contributed by atoms with van der Waals surface area (Å²) in [4.78, 5) is 11.3. The van der Waals surface area contributed by atoms with E-state index in [4.69, 9.17) is 4.74 Å². The predicted octanol–water partition coefficient (Wildman–Crippen LogP) is 1.26. The molecule has 82 valence electrons. The Labute approximate surface area is 85.4 Å². The molecule has 1 heterocycles. The largest absolute Gasteiger partial charge is 0.444 e. The Kier molecular flexibility index (Phi) is 3.04. The van der Waals surface area contributed by atoms with Crippen LogP contribution in [0.15, 0.2) is 0 Å². The van der Waals surface area contributed by atoms with E-state index in [0.717, 1.165) is 13.0 Å². The molecule has 1 atom stereocenters. The molecular formula is C10H20N2O2. The highest BCUT2D eigenvalue weighted by atomic mass is 16.6. The Balaban J connectivity index is 2.21. The second-order valence-electron chi connectivity index (χ2n) is 5.09. The maximum Gasteiger partial charge on any atom is 0.407 e. The Morgan fingerprint density at radius 1 is 1.57 bits per heavy atom. The van der Waals surface area contributed by atoms with Crippen LogP contribution in [-0.4, -0.2) is 30.3 Å². The second kappa shape index (κ2) is 3.77. The van der Waals surface area contributed by atoms with Gasteiger partial charge in [0.15, 0.2) is 0 Å². The van der Waals surface area contributed by atoms with Crippen molar-refractivity contribution in [2.45, 2.75) is 45.3 Å². The average molecular weight is 200 g/mol. The molecule has 0 radical (unpaired) electrons. The summed E-state index contributed by atoms with van der Waals surface area (Å²) in [6, 6.07) is 0. The van der Waals surface area contributed by atoms with E-state index in [0.29, 0.717) is 6.54 Å². The zero-order valence-electron chi connectivity index (χ0n) is 9.44. The summed E-state index contributed by atoms with van der Waals surface area (Å²) in [5, 5.41) is 6.03. The van der Waals surface area contributed by atoms with Crippen LogP contribution in [0.5, 0.6) is 0 Å². The quantitative estimate of drug-likeness (QED) is 0.705. The van der Waals surface area contributed by atoms with Crippen molar-refractivity contribution < 1.29 is 9.53 Å². The summed E-state index contributed by atoms with van der Waals surface area (Å²) >= 11 is 0. The summed E-state index contributed by atoms with van der Waals surface area (Å²) in [5.41, 5.74) is -0.352. The zero-order chi connectivity index (χ0) is 10.8. The van der Waals surface area contributed by atoms with E-state index in [2.05, 4.69) is 17.6 Å². The number of carbonyl (C=O) groups excluding carboxylic acids is 1. The number of amides is 1. The average Bonchev–Trinajstić information content (AvgIpc) is 1.94. The van der Waals surface area contributed by atoms with E-state index in [1.807, 2.05) is 20.8 Å². The SMILES string of the molecule is CC1(CNC(=O)OC(C)(C)C)CCN1. The first-order valence-corrected chi connectivity index (χ1v) is 5.03. The lowest BCUT2D eigenvalue weighted by molar-refractivity contribution is 0.0498. The summed E-state index contributed by atoms with van der Waals surface area (Å²) < 4.78 is 5.12. The molecule has 1 aliphatic rings. The van der Waals surface area contributed by atoms with E-state index in [1.165, 1.54) is 0 Å². The fourth-order valence-electron chi connectivity index (χ4n) is 1.28. The number of alkyl carbamates (subject to hydrolysis) is 1. The number of nitrogens with one attached hydrogen (secondary N) is 2. The number of ether oxygens (including phenoxy) is 1. The zero-order valence-corrected chi connectivity index (χ0v) is 9.44. The van der Waals surface area contributed by atoms with Crippen LogP contribution in [0.3, 0.4) is 0 Å². The molecule has 0 aromatic heterocycles. The van der Waals surface area contributed by atoms with Gasteiger partial charge in [-0.05, 0) is 40.7 Å². The summed E-state index contributed by atoms with van der Waals surface area (Å²) in [7, 11) is 0. The van der Waals surface area contributed by atoms with Gasteiger partial charge in [0, 0.05) is 12.1 Å². The number of hydrogen-bond acceptors (Lipinski definition) is 3. The fourth-order valence-corrected chi connectivity index (χ4v) is 1.28. The van der Waals surface area contributed by atoms with Gasteiger partial charge in [0.2, 0.25) is 0 Å². The molecule has 1 fully saturated rings. The van der Waals surface area contributed by atoms with Crippen molar-refractivity contribution in [3.8, 4) is 0 Å². The van der Waals surface area contributed by atoms with Crippen LogP contribution < -0.4 is 10.6 Å². The first kappa shape index (κ1) is 11.3. The first-order valence-electron chi connectivity index (χ1n) is 5.03. The minimum atomic E-state index is -0.419. The van der Waals surface area contributed by atoms with Gasteiger partial charge in [-0.3, -0.25) is 0 Å². The summed E-state index contributed by atoms with van der Waals surface area (Å²) in [5.74, 6) is 0. The molecular weight excluding hydrogens is 180 g/mol. The highest BCUT2D eigenvalue weighted by molar-refractivity contribution is 5.67. The van der Waals surface area contributed by atoms with Gasteiger partial charge in [0.1, 0.15) is 5.60 Å². The van der Waals surface area contributed by atoms with Gasteiger partial charge in [0.25, 0.3) is 0 Å². The summed E-state index contributed by atoms with van der Waals surface area (Å²) in [6.45, 7) is 9.32. The highest BCUT2D eigenvalue weighted by Gasteiger charge is 2.31. The predicted molar refractivity (Wildman–Crippen MR) is 55.3 cm³/mol. The smallest absolute Gasteiger partial charge is 0.407 e. The van der Waals surface area contributed by atoms with Crippen LogP contribution in [0.1, 0.15) is 34.1 Å². The molecule has 0 aromatic carbocycles. The normalized spacial score (nSPS) is 26.6. The molecule has 1 rings (SSSR count). The molecule has 1 aliphatic heterocycles. The Morgan fingerprint density at radius 2 is 2.14 bits per heavy atom. The fraction of sp³-hybridized carbons (Fsp3) is 0.900. The molecule has 0 saturated carbocycles. The van der Waals surface area contributed by atoms with Crippen molar-refractivity contribution in [2.75, 3.05) is 13.1 Å². The van der Waals surface area contributed by atoms with Crippen molar-refractivity contribution in [3.05, 3.63) is 0 Å². The van der Waals surface area contributed by atoms with Crippen molar-refractivity contribution in [1.29, 1.82) is 0 Å². The van der Waals surface area contributed by atoms with Crippen LogP contribution in [0, 0.1) is 0 Å². The third-order valence-electron chi connectivity index (χ3n) is 2.25. The lowest BCUT2D eigenvalue weighted by Gasteiger charge is -2.40. The van der Waals surface area contributed by atoms with Gasteiger partial charge in [-0.25, -0.2) is 4.79 Å². The molecule has 4 nitrogen and oxygen atoms in total. The second-order valence-corrected chi connectivity index (χ2v) is 5.09. The van der Waals surface area contributed by atoms with Crippen LogP contribution in [0.25, 0.3) is 0 Å². The van der Waals surface area contributed by atoms with Gasteiger partial charge in [-0.15, -0.1) is 0 Å². The Bertz CT molecular complexity index is 217. The van der Waals surface area contributed by atoms with Gasteiger partial charge >= 0.3 is 6.09 Å². The van der Waals surface area contributed by atoms with E-state index >= 15 is 0 Å². The van der Waals surface area contributed by atoms with Crippen molar-refractivity contribution in [1.82, 2.24) is 10.6 Å². The molecule has 1 saturated heterocycles. The maximum absolute atomic E-state index is 11.3. The minimum absolute atomic E-state index is 0.0664. The molecule has 2 N–H and O–H groups in total.